The zero-order chi connectivity index (χ0) is 22.2. The van der Waals surface area contributed by atoms with Crippen molar-refractivity contribution in [2.24, 2.45) is 7.05 Å². The van der Waals surface area contributed by atoms with Gasteiger partial charge in [-0.1, -0.05) is 35.6 Å². The molecule has 4 aromatic rings. The van der Waals surface area contributed by atoms with Gasteiger partial charge in [0.15, 0.2) is 0 Å². The van der Waals surface area contributed by atoms with Gasteiger partial charge in [0.25, 0.3) is 15.9 Å². The van der Waals surface area contributed by atoms with Crippen molar-refractivity contribution >= 4 is 48.9 Å². The van der Waals surface area contributed by atoms with Gasteiger partial charge >= 0.3 is 4.87 Å². The van der Waals surface area contributed by atoms with E-state index in [1.807, 2.05) is 0 Å². The van der Waals surface area contributed by atoms with Crippen molar-refractivity contribution in [2.45, 2.75) is 11.8 Å². The van der Waals surface area contributed by atoms with Crippen LogP contribution in [0.15, 0.2) is 76.4 Å². The largest absolute Gasteiger partial charge is 0.322 e. The molecule has 2 N–H and O–H groups in total. The minimum atomic E-state index is -3.78. The van der Waals surface area contributed by atoms with E-state index in [0.29, 0.717) is 22.5 Å². The van der Waals surface area contributed by atoms with Gasteiger partial charge in [-0.15, -0.1) is 0 Å². The van der Waals surface area contributed by atoms with E-state index >= 15 is 0 Å². The average molecular weight is 454 g/mol. The van der Waals surface area contributed by atoms with Crippen LogP contribution in [0.3, 0.4) is 0 Å². The average Bonchev–Trinajstić information content (AvgIpc) is 3.03. The van der Waals surface area contributed by atoms with Crippen molar-refractivity contribution in [3.05, 3.63) is 87.5 Å². The van der Waals surface area contributed by atoms with Gasteiger partial charge in [0.2, 0.25) is 0 Å². The molecule has 31 heavy (non-hydrogen) atoms. The first kappa shape index (κ1) is 20.8. The van der Waals surface area contributed by atoms with Gasteiger partial charge in [-0.3, -0.25) is 14.3 Å². The molecule has 1 amide bonds. The van der Waals surface area contributed by atoms with Crippen LogP contribution in [0, 0.1) is 6.92 Å². The third-order valence-corrected chi connectivity index (χ3v) is 7.22. The number of nitrogens with one attached hydrogen (secondary N) is 2. The second-order valence-corrected chi connectivity index (χ2v) is 9.69. The molecule has 9 heteroatoms. The maximum absolute atomic E-state index is 12.8. The number of aromatic nitrogens is 1. The van der Waals surface area contributed by atoms with Gasteiger partial charge < -0.3 is 9.88 Å². The molecule has 0 atom stereocenters. The lowest BCUT2D eigenvalue weighted by molar-refractivity contribution is 0.102. The quantitative estimate of drug-likeness (QED) is 0.478. The number of rotatable bonds is 5. The molecule has 0 unspecified atom stereocenters. The van der Waals surface area contributed by atoms with Crippen LogP contribution in [0.2, 0.25) is 0 Å². The number of carbonyl (C=O) groups excluding carboxylic acids is 1. The molecule has 0 aliphatic heterocycles. The molecule has 0 fully saturated rings. The Hall–Kier alpha value is -3.43. The van der Waals surface area contributed by atoms with E-state index in [4.69, 9.17) is 0 Å². The Morgan fingerprint density at radius 1 is 1.00 bits per heavy atom. The number of amides is 1. The van der Waals surface area contributed by atoms with E-state index in [9.17, 15) is 18.0 Å². The van der Waals surface area contributed by atoms with Crippen molar-refractivity contribution in [1.82, 2.24) is 4.57 Å². The summed E-state index contributed by atoms with van der Waals surface area (Å²) in [6.07, 6.45) is 0. The summed E-state index contributed by atoms with van der Waals surface area (Å²) in [7, 11) is -2.08. The highest BCUT2D eigenvalue weighted by Crippen LogP contribution is 2.24. The summed E-state index contributed by atoms with van der Waals surface area (Å²) >= 11 is 1.10. The van der Waals surface area contributed by atoms with Crippen molar-refractivity contribution in [3.8, 4) is 0 Å². The molecule has 0 saturated carbocycles. The van der Waals surface area contributed by atoms with Crippen LogP contribution in [0.1, 0.15) is 15.9 Å². The van der Waals surface area contributed by atoms with Gasteiger partial charge in [-0.05, 0) is 55.0 Å². The minimum Gasteiger partial charge on any atom is -0.322 e. The molecule has 3 aromatic carbocycles. The van der Waals surface area contributed by atoms with E-state index in [1.165, 1.54) is 18.2 Å². The van der Waals surface area contributed by atoms with E-state index in [2.05, 4.69) is 10.0 Å². The highest BCUT2D eigenvalue weighted by atomic mass is 32.2. The molecule has 7 nitrogen and oxygen atoms in total. The lowest BCUT2D eigenvalue weighted by Gasteiger charge is -2.12. The number of aryl methyl sites for hydroxylation is 2. The Morgan fingerprint density at radius 2 is 1.74 bits per heavy atom. The number of nitrogens with zero attached hydrogens (tertiary/aromatic N) is 1. The van der Waals surface area contributed by atoms with Crippen molar-refractivity contribution < 1.29 is 13.2 Å². The molecule has 1 aromatic heterocycles. The van der Waals surface area contributed by atoms with Crippen LogP contribution in [-0.2, 0) is 17.1 Å². The van der Waals surface area contributed by atoms with Crippen molar-refractivity contribution in [2.75, 3.05) is 10.0 Å². The first-order chi connectivity index (χ1) is 14.7. The third-order valence-electron chi connectivity index (χ3n) is 4.85. The third kappa shape index (κ3) is 4.23. The van der Waals surface area contributed by atoms with Crippen LogP contribution >= 0.6 is 11.3 Å². The summed E-state index contributed by atoms with van der Waals surface area (Å²) in [6.45, 7) is 1.76. The van der Waals surface area contributed by atoms with Crippen molar-refractivity contribution in [1.29, 1.82) is 0 Å². The molecule has 158 valence electrons. The summed E-state index contributed by atoms with van der Waals surface area (Å²) in [5.41, 5.74) is 2.66. The second-order valence-electron chi connectivity index (χ2n) is 7.01. The van der Waals surface area contributed by atoms with Crippen LogP contribution in [0.5, 0.6) is 0 Å². The predicted octanol–water partition coefficient (Wildman–Crippen LogP) is 3.96. The number of thiazole rings is 1. The molecule has 1 heterocycles. The van der Waals surface area contributed by atoms with Crippen LogP contribution < -0.4 is 14.9 Å². The van der Waals surface area contributed by atoms with Gasteiger partial charge in [0.1, 0.15) is 0 Å². The minimum absolute atomic E-state index is 0.0765. The molecule has 0 radical (unpaired) electrons. The molecule has 0 bridgehead atoms. The second kappa shape index (κ2) is 8.01. The van der Waals surface area contributed by atoms with E-state index in [0.717, 1.165) is 21.6 Å². The smallest absolute Gasteiger partial charge is 0.307 e. The molecule has 4 rings (SSSR count). The molecular formula is C22H19N3O4S2. The van der Waals surface area contributed by atoms with E-state index in [-0.39, 0.29) is 15.7 Å². The molecule has 0 aliphatic carbocycles. The topological polar surface area (TPSA) is 97.3 Å². The number of benzene rings is 3. The summed E-state index contributed by atoms with van der Waals surface area (Å²) < 4.78 is 30.2. The molecule has 0 spiro atoms. The van der Waals surface area contributed by atoms with Crippen molar-refractivity contribution in [3.63, 3.8) is 0 Å². The monoisotopic (exact) mass is 453 g/mol. The Bertz CT molecular complexity index is 1460. The predicted molar refractivity (Wildman–Crippen MR) is 123 cm³/mol. The number of anilines is 2. The molecule has 0 aliphatic rings. The summed E-state index contributed by atoms with van der Waals surface area (Å²) in [5.74, 6) is -0.386. The Kier molecular flexibility index (Phi) is 5.38. The highest BCUT2D eigenvalue weighted by molar-refractivity contribution is 7.92. The normalized spacial score (nSPS) is 11.4. The lowest BCUT2D eigenvalue weighted by atomic mass is 10.1. The standard InChI is InChI=1S/C22H19N3O4S2/c1-14-8-9-15(12-18(14)24-31(28,29)17-6-4-3-5-7-17)21(26)23-16-10-11-19-20(13-16)30-22(27)25(19)2/h3-13,24H,1-2H3,(H,23,26). The molecule has 0 saturated heterocycles. The van der Waals surface area contributed by atoms with Gasteiger partial charge in [-0.25, -0.2) is 8.42 Å². The van der Waals surface area contributed by atoms with E-state index < -0.39 is 10.0 Å². The van der Waals surface area contributed by atoms with Crippen LogP contribution in [0.4, 0.5) is 11.4 Å². The van der Waals surface area contributed by atoms with Crippen LogP contribution in [0.25, 0.3) is 10.2 Å². The maximum atomic E-state index is 12.8. The fraction of sp³-hybridized carbons (Fsp3) is 0.0909. The fourth-order valence-corrected chi connectivity index (χ4v) is 5.15. The van der Waals surface area contributed by atoms with Gasteiger partial charge in [0.05, 0.1) is 20.8 Å². The number of sulfonamides is 1. The Labute approximate surface area is 183 Å². The highest BCUT2D eigenvalue weighted by Gasteiger charge is 2.16. The summed E-state index contributed by atoms with van der Waals surface area (Å²) in [6, 6.07) is 18.1. The number of hydrogen-bond donors (Lipinski definition) is 2. The molecular weight excluding hydrogens is 434 g/mol. The van der Waals surface area contributed by atoms with Crippen LogP contribution in [-0.4, -0.2) is 18.9 Å². The number of hydrogen-bond acceptors (Lipinski definition) is 5. The first-order valence-corrected chi connectivity index (χ1v) is 11.6. The summed E-state index contributed by atoms with van der Waals surface area (Å²) in [5, 5.41) is 2.80. The first-order valence-electron chi connectivity index (χ1n) is 9.34. The number of carbonyl (C=O) groups is 1. The summed E-state index contributed by atoms with van der Waals surface area (Å²) in [4.78, 5) is 24.6. The van der Waals surface area contributed by atoms with Gasteiger partial charge in [-0.2, -0.15) is 0 Å². The zero-order valence-corrected chi connectivity index (χ0v) is 18.4. The fourth-order valence-electron chi connectivity index (χ4n) is 3.09. The maximum Gasteiger partial charge on any atom is 0.307 e. The lowest BCUT2D eigenvalue weighted by Crippen LogP contribution is -2.16. The van der Waals surface area contributed by atoms with E-state index in [1.54, 1.807) is 67.1 Å². The number of fused-ring (bicyclic) bond motifs is 1. The zero-order valence-electron chi connectivity index (χ0n) is 16.7. The SMILES string of the molecule is Cc1ccc(C(=O)Nc2ccc3c(c2)sc(=O)n3C)cc1NS(=O)(=O)c1ccccc1. The Balaban J connectivity index is 1.59. The van der Waals surface area contributed by atoms with Gasteiger partial charge in [0, 0.05) is 18.3 Å². The Morgan fingerprint density at radius 3 is 2.48 bits per heavy atom.